The summed E-state index contributed by atoms with van der Waals surface area (Å²) in [6, 6.07) is 6.22. The SMILES string of the molecule is CC(=O)NC[C@H](O)CNc1ccc2c(c1)CCCc1c-2n[nH]c1-c1snnc1C. The molecular formula is C20H24N6O2S. The second-order valence-electron chi connectivity index (χ2n) is 7.31. The van der Waals surface area contributed by atoms with Gasteiger partial charge in [0.05, 0.1) is 28.1 Å². The van der Waals surface area contributed by atoms with Crippen molar-refractivity contribution in [1.82, 2.24) is 25.1 Å². The van der Waals surface area contributed by atoms with Crippen molar-refractivity contribution in [3.8, 4) is 21.8 Å². The molecule has 29 heavy (non-hydrogen) atoms. The summed E-state index contributed by atoms with van der Waals surface area (Å²) in [7, 11) is 0. The lowest BCUT2D eigenvalue weighted by molar-refractivity contribution is -0.119. The minimum atomic E-state index is -0.644. The first kappa shape index (κ1) is 19.5. The number of fused-ring (bicyclic) bond motifs is 3. The maximum Gasteiger partial charge on any atom is 0.216 e. The van der Waals surface area contributed by atoms with Crippen LogP contribution in [0.25, 0.3) is 21.8 Å². The summed E-state index contributed by atoms with van der Waals surface area (Å²) in [6.45, 7) is 4.01. The highest BCUT2D eigenvalue weighted by atomic mass is 32.1. The van der Waals surface area contributed by atoms with E-state index in [2.05, 4.69) is 42.6 Å². The Bertz CT molecular complexity index is 1030. The Kier molecular flexibility index (Phi) is 5.59. The van der Waals surface area contributed by atoms with Gasteiger partial charge in [-0.05, 0) is 55.4 Å². The molecule has 2 heterocycles. The van der Waals surface area contributed by atoms with E-state index in [0.717, 1.165) is 52.5 Å². The molecule has 2 aromatic heterocycles. The Hall–Kier alpha value is -2.78. The van der Waals surface area contributed by atoms with Gasteiger partial charge in [0.15, 0.2) is 0 Å². The zero-order chi connectivity index (χ0) is 20.4. The van der Waals surface area contributed by atoms with E-state index in [1.807, 2.05) is 13.0 Å². The van der Waals surface area contributed by atoms with Gasteiger partial charge in [-0.1, -0.05) is 10.6 Å². The molecule has 0 bridgehead atoms. The number of carbonyl (C=O) groups is 1. The van der Waals surface area contributed by atoms with Crippen molar-refractivity contribution in [2.75, 3.05) is 18.4 Å². The lowest BCUT2D eigenvalue weighted by Gasteiger charge is -2.14. The number of aromatic amines is 1. The number of rotatable bonds is 6. The van der Waals surface area contributed by atoms with Crippen LogP contribution in [0.1, 0.15) is 30.2 Å². The fourth-order valence-corrected chi connectivity index (χ4v) is 4.32. The standard InChI is InChI=1S/C20H24N6O2S/c1-11-20(29-26-23-11)19-17-5-3-4-13-8-14(6-7-16(13)18(17)24-25-19)22-10-15(28)9-21-12(2)27/h6-8,15,22,28H,3-5,9-10H2,1-2H3,(H,21,27)(H,24,25)/t15-/m0/s1. The van der Waals surface area contributed by atoms with Gasteiger partial charge in [0.25, 0.3) is 0 Å². The van der Waals surface area contributed by atoms with Gasteiger partial charge in [0, 0.05) is 36.8 Å². The van der Waals surface area contributed by atoms with Crippen LogP contribution < -0.4 is 10.6 Å². The second kappa shape index (κ2) is 8.30. The van der Waals surface area contributed by atoms with E-state index < -0.39 is 6.10 Å². The quantitative estimate of drug-likeness (QED) is 0.494. The first-order valence-corrected chi connectivity index (χ1v) is 10.5. The third-order valence-electron chi connectivity index (χ3n) is 5.11. The molecule has 0 fully saturated rings. The third-order valence-corrected chi connectivity index (χ3v) is 5.95. The minimum Gasteiger partial charge on any atom is -0.389 e. The van der Waals surface area contributed by atoms with E-state index >= 15 is 0 Å². The molecule has 8 nitrogen and oxygen atoms in total. The van der Waals surface area contributed by atoms with Crippen molar-refractivity contribution in [3.63, 3.8) is 0 Å². The molecule has 0 saturated carbocycles. The Morgan fingerprint density at radius 1 is 1.34 bits per heavy atom. The molecule has 1 amide bonds. The smallest absolute Gasteiger partial charge is 0.216 e. The van der Waals surface area contributed by atoms with E-state index in [1.165, 1.54) is 29.6 Å². The lowest BCUT2D eigenvalue weighted by Crippen LogP contribution is -2.34. The van der Waals surface area contributed by atoms with Crippen LogP contribution in [0, 0.1) is 6.92 Å². The van der Waals surface area contributed by atoms with Crippen LogP contribution in [0.15, 0.2) is 18.2 Å². The number of amides is 1. The van der Waals surface area contributed by atoms with Gasteiger partial charge < -0.3 is 15.7 Å². The summed E-state index contributed by atoms with van der Waals surface area (Å²) in [5.41, 5.74) is 7.50. The number of benzene rings is 1. The molecule has 0 unspecified atom stereocenters. The summed E-state index contributed by atoms with van der Waals surface area (Å²) in [5.74, 6) is -0.146. The summed E-state index contributed by atoms with van der Waals surface area (Å²) < 4.78 is 4.06. The summed E-state index contributed by atoms with van der Waals surface area (Å²) in [4.78, 5) is 12.0. The van der Waals surface area contributed by atoms with Gasteiger partial charge in [-0.15, -0.1) is 5.10 Å². The van der Waals surface area contributed by atoms with Gasteiger partial charge >= 0.3 is 0 Å². The highest BCUT2D eigenvalue weighted by Gasteiger charge is 2.23. The summed E-state index contributed by atoms with van der Waals surface area (Å²) in [6.07, 6.45) is 2.31. The van der Waals surface area contributed by atoms with Gasteiger partial charge in [0.2, 0.25) is 5.91 Å². The number of aryl methyl sites for hydroxylation is 2. The largest absolute Gasteiger partial charge is 0.389 e. The van der Waals surface area contributed by atoms with Crippen molar-refractivity contribution in [1.29, 1.82) is 0 Å². The lowest BCUT2D eigenvalue weighted by atomic mass is 10.0. The van der Waals surface area contributed by atoms with Crippen molar-refractivity contribution >= 4 is 23.1 Å². The van der Waals surface area contributed by atoms with Crippen molar-refractivity contribution in [3.05, 3.63) is 35.0 Å². The van der Waals surface area contributed by atoms with E-state index in [1.54, 1.807) is 0 Å². The number of hydrogen-bond donors (Lipinski definition) is 4. The first-order valence-electron chi connectivity index (χ1n) is 9.69. The predicted molar refractivity (Wildman–Crippen MR) is 113 cm³/mol. The topological polar surface area (TPSA) is 116 Å². The molecule has 4 rings (SSSR count). The molecule has 0 radical (unpaired) electrons. The average molecular weight is 413 g/mol. The number of aliphatic hydroxyl groups excluding tert-OH is 1. The molecule has 1 aromatic carbocycles. The fraction of sp³-hybridized carbons (Fsp3) is 0.400. The monoisotopic (exact) mass is 412 g/mol. The summed E-state index contributed by atoms with van der Waals surface area (Å²) in [5, 5.41) is 27.8. The maximum atomic E-state index is 11.0. The van der Waals surface area contributed by atoms with Gasteiger partial charge in [-0.2, -0.15) is 5.10 Å². The van der Waals surface area contributed by atoms with Crippen LogP contribution in [0.2, 0.25) is 0 Å². The van der Waals surface area contributed by atoms with E-state index in [4.69, 9.17) is 0 Å². The fourth-order valence-electron chi connectivity index (χ4n) is 3.65. The van der Waals surface area contributed by atoms with Crippen molar-refractivity contribution < 1.29 is 9.90 Å². The molecular weight excluding hydrogens is 388 g/mol. The highest BCUT2D eigenvalue weighted by molar-refractivity contribution is 7.09. The number of aliphatic hydroxyl groups is 1. The summed E-state index contributed by atoms with van der Waals surface area (Å²) >= 11 is 1.39. The zero-order valence-electron chi connectivity index (χ0n) is 16.5. The molecule has 1 atom stereocenters. The zero-order valence-corrected chi connectivity index (χ0v) is 17.3. The molecule has 0 spiro atoms. The normalized spacial score (nSPS) is 13.9. The molecule has 152 valence electrons. The second-order valence-corrected chi connectivity index (χ2v) is 8.06. The van der Waals surface area contributed by atoms with Gasteiger partial charge in [-0.3, -0.25) is 9.89 Å². The van der Waals surface area contributed by atoms with Gasteiger partial charge in [0.1, 0.15) is 0 Å². The minimum absolute atomic E-state index is 0.146. The van der Waals surface area contributed by atoms with Crippen LogP contribution in [0.4, 0.5) is 5.69 Å². The number of anilines is 1. The number of nitrogens with zero attached hydrogens (tertiary/aromatic N) is 3. The molecule has 0 saturated heterocycles. The Balaban J connectivity index is 1.54. The molecule has 0 aliphatic heterocycles. The molecule has 3 aromatic rings. The van der Waals surface area contributed by atoms with Crippen LogP contribution in [0.5, 0.6) is 0 Å². The Labute approximate surface area is 172 Å². The number of hydrogen-bond acceptors (Lipinski definition) is 7. The van der Waals surface area contributed by atoms with Crippen LogP contribution in [-0.4, -0.2) is 50.0 Å². The Morgan fingerprint density at radius 3 is 2.97 bits per heavy atom. The van der Waals surface area contributed by atoms with Crippen molar-refractivity contribution in [2.24, 2.45) is 0 Å². The van der Waals surface area contributed by atoms with Crippen molar-refractivity contribution in [2.45, 2.75) is 39.2 Å². The molecule has 1 aliphatic carbocycles. The van der Waals surface area contributed by atoms with Crippen LogP contribution >= 0.6 is 11.5 Å². The number of nitrogens with one attached hydrogen (secondary N) is 3. The average Bonchev–Trinajstić information content (AvgIpc) is 3.26. The number of aromatic nitrogens is 4. The van der Waals surface area contributed by atoms with E-state index in [0.29, 0.717) is 6.54 Å². The third kappa shape index (κ3) is 4.15. The number of carbonyl (C=O) groups excluding carboxylic acids is 1. The molecule has 1 aliphatic rings. The Morgan fingerprint density at radius 2 is 2.21 bits per heavy atom. The molecule has 9 heteroatoms. The van der Waals surface area contributed by atoms with Crippen LogP contribution in [0.3, 0.4) is 0 Å². The highest BCUT2D eigenvalue weighted by Crippen LogP contribution is 2.38. The van der Waals surface area contributed by atoms with E-state index in [9.17, 15) is 9.90 Å². The predicted octanol–water partition coefficient (Wildman–Crippen LogP) is 2.30. The molecule has 4 N–H and O–H groups in total. The van der Waals surface area contributed by atoms with E-state index in [-0.39, 0.29) is 12.5 Å². The maximum absolute atomic E-state index is 11.0. The first-order chi connectivity index (χ1) is 14.0. The van der Waals surface area contributed by atoms with Gasteiger partial charge in [-0.25, -0.2) is 0 Å². The number of H-pyrrole nitrogens is 1. The van der Waals surface area contributed by atoms with Crippen LogP contribution in [-0.2, 0) is 17.6 Å².